The van der Waals surface area contributed by atoms with Gasteiger partial charge in [-0.3, -0.25) is 4.79 Å². The van der Waals surface area contributed by atoms with E-state index in [0.717, 1.165) is 55.8 Å². The topological polar surface area (TPSA) is 66.7 Å². The second-order valence-electron chi connectivity index (χ2n) is 5.90. The predicted molar refractivity (Wildman–Crippen MR) is 89.1 cm³/mol. The Bertz CT molecular complexity index is 690. The summed E-state index contributed by atoms with van der Waals surface area (Å²) in [6, 6.07) is 5.87. The van der Waals surface area contributed by atoms with E-state index >= 15 is 0 Å². The van der Waals surface area contributed by atoms with Crippen molar-refractivity contribution in [3.8, 4) is 5.75 Å². The van der Waals surface area contributed by atoms with Crippen LogP contribution in [0.4, 0.5) is 0 Å². The van der Waals surface area contributed by atoms with Crippen LogP contribution in [0.15, 0.2) is 24.4 Å². The maximum absolute atomic E-state index is 11.1. The van der Waals surface area contributed by atoms with Gasteiger partial charge in [0.25, 0.3) is 0 Å². The van der Waals surface area contributed by atoms with E-state index in [-0.39, 0.29) is 6.54 Å². The number of hydrogen-bond acceptors (Lipinski definition) is 4. The number of rotatable bonds is 6. The third kappa shape index (κ3) is 3.65. The molecule has 1 saturated heterocycles. The number of ether oxygens (including phenoxy) is 1. The SMILES string of the molecule is COc1ccc2c(CCN3CCNCC3)cn(CC(=O)O)c2c1. The molecule has 1 fully saturated rings. The van der Waals surface area contributed by atoms with E-state index in [1.54, 1.807) is 11.7 Å². The van der Waals surface area contributed by atoms with Crippen LogP contribution < -0.4 is 10.1 Å². The van der Waals surface area contributed by atoms with Gasteiger partial charge in [0, 0.05) is 50.4 Å². The standard InChI is InChI=1S/C17H23N3O3/c1-23-14-2-3-15-13(4-7-19-8-5-18-6-9-19)11-20(12-17(21)22)16(15)10-14/h2-3,10-11,18H,4-9,12H2,1H3,(H,21,22). The Balaban J connectivity index is 1.85. The molecular formula is C17H23N3O3. The first kappa shape index (κ1) is 15.8. The Morgan fingerprint density at radius 3 is 2.83 bits per heavy atom. The number of nitrogens with zero attached hydrogens (tertiary/aromatic N) is 2. The molecule has 6 nitrogen and oxygen atoms in total. The van der Waals surface area contributed by atoms with Crippen molar-refractivity contribution in [1.29, 1.82) is 0 Å². The number of aromatic nitrogens is 1. The van der Waals surface area contributed by atoms with Crippen LogP contribution >= 0.6 is 0 Å². The molecular weight excluding hydrogens is 294 g/mol. The number of methoxy groups -OCH3 is 1. The van der Waals surface area contributed by atoms with E-state index < -0.39 is 5.97 Å². The average Bonchev–Trinajstić information content (AvgIpc) is 2.90. The smallest absolute Gasteiger partial charge is 0.323 e. The molecule has 0 radical (unpaired) electrons. The molecule has 6 heteroatoms. The first-order valence-corrected chi connectivity index (χ1v) is 7.98. The number of fused-ring (bicyclic) bond motifs is 1. The lowest BCUT2D eigenvalue weighted by molar-refractivity contribution is -0.137. The molecule has 0 unspecified atom stereocenters. The van der Waals surface area contributed by atoms with Crippen LogP contribution in [0, 0.1) is 0 Å². The fourth-order valence-electron chi connectivity index (χ4n) is 3.16. The van der Waals surface area contributed by atoms with E-state index in [1.807, 2.05) is 24.4 Å². The van der Waals surface area contributed by atoms with Gasteiger partial charge in [-0.25, -0.2) is 0 Å². The summed E-state index contributed by atoms with van der Waals surface area (Å²) < 4.78 is 7.07. The molecule has 2 aromatic rings. The average molecular weight is 317 g/mol. The van der Waals surface area contributed by atoms with Crippen molar-refractivity contribution in [3.05, 3.63) is 30.0 Å². The van der Waals surface area contributed by atoms with Crippen LogP contribution in [-0.4, -0.2) is 60.4 Å². The van der Waals surface area contributed by atoms with Gasteiger partial charge >= 0.3 is 5.97 Å². The maximum atomic E-state index is 11.1. The minimum Gasteiger partial charge on any atom is -0.497 e. The Morgan fingerprint density at radius 2 is 2.13 bits per heavy atom. The molecule has 2 N–H and O–H groups in total. The summed E-state index contributed by atoms with van der Waals surface area (Å²) in [4.78, 5) is 13.6. The number of aliphatic carboxylic acids is 1. The van der Waals surface area contributed by atoms with Gasteiger partial charge in [0.05, 0.1) is 12.6 Å². The number of carbonyl (C=O) groups is 1. The Hall–Kier alpha value is -2.05. The zero-order valence-corrected chi connectivity index (χ0v) is 13.4. The normalized spacial score (nSPS) is 15.9. The minimum absolute atomic E-state index is 0.0305. The molecule has 124 valence electrons. The summed E-state index contributed by atoms with van der Waals surface area (Å²) in [5.41, 5.74) is 2.12. The molecule has 1 aliphatic heterocycles. The van der Waals surface area contributed by atoms with Crippen LogP contribution in [-0.2, 0) is 17.8 Å². The highest BCUT2D eigenvalue weighted by Gasteiger charge is 2.14. The van der Waals surface area contributed by atoms with Crippen molar-refractivity contribution < 1.29 is 14.6 Å². The first-order valence-electron chi connectivity index (χ1n) is 7.98. The van der Waals surface area contributed by atoms with Crippen molar-refractivity contribution in [2.24, 2.45) is 0 Å². The third-order valence-electron chi connectivity index (χ3n) is 4.38. The van der Waals surface area contributed by atoms with Gasteiger partial charge in [0.1, 0.15) is 12.3 Å². The fourth-order valence-corrected chi connectivity index (χ4v) is 3.16. The van der Waals surface area contributed by atoms with E-state index in [1.165, 1.54) is 5.56 Å². The van der Waals surface area contributed by atoms with Gasteiger partial charge < -0.3 is 24.6 Å². The minimum atomic E-state index is -0.835. The van der Waals surface area contributed by atoms with Gasteiger partial charge in [0.15, 0.2) is 0 Å². The largest absolute Gasteiger partial charge is 0.497 e. The van der Waals surface area contributed by atoms with Gasteiger partial charge in [-0.15, -0.1) is 0 Å². The molecule has 2 heterocycles. The van der Waals surface area contributed by atoms with E-state index in [2.05, 4.69) is 10.2 Å². The number of hydrogen-bond donors (Lipinski definition) is 2. The van der Waals surface area contributed by atoms with Crippen molar-refractivity contribution in [3.63, 3.8) is 0 Å². The molecule has 0 atom stereocenters. The number of nitrogens with one attached hydrogen (secondary N) is 1. The summed E-state index contributed by atoms with van der Waals surface area (Å²) in [6.45, 7) is 5.19. The summed E-state index contributed by atoms with van der Waals surface area (Å²) in [6.07, 6.45) is 2.90. The summed E-state index contributed by atoms with van der Waals surface area (Å²) in [7, 11) is 1.62. The first-order chi connectivity index (χ1) is 11.2. The lowest BCUT2D eigenvalue weighted by Crippen LogP contribution is -2.44. The van der Waals surface area contributed by atoms with Crippen LogP contribution in [0.2, 0.25) is 0 Å². The Labute approximate surface area is 135 Å². The van der Waals surface area contributed by atoms with Crippen molar-refractivity contribution in [2.75, 3.05) is 39.8 Å². The van der Waals surface area contributed by atoms with E-state index in [4.69, 9.17) is 9.84 Å². The molecule has 1 aromatic carbocycles. The zero-order valence-electron chi connectivity index (χ0n) is 13.4. The molecule has 3 rings (SSSR count). The fraction of sp³-hybridized carbons (Fsp3) is 0.471. The quantitative estimate of drug-likeness (QED) is 0.837. The third-order valence-corrected chi connectivity index (χ3v) is 4.38. The number of carboxylic acids is 1. The molecule has 1 aromatic heterocycles. The molecule has 0 spiro atoms. The lowest BCUT2D eigenvalue weighted by atomic mass is 10.1. The van der Waals surface area contributed by atoms with Crippen LogP contribution in [0.3, 0.4) is 0 Å². The monoisotopic (exact) mass is 317 g/mol. The van der Waals surface area contributed by atoms with Crippen molar-refractivity contribution in [1.82, 2.24) is 14.8 Å². The summed E-state index contributed by atoms with van der Waals surface area (Å²) in [5.74, 6) is -0.0886. The number of piperazine rings is 1. The van der Waals surface area contributed by atoms with Crippen LogP contribution in [0.5, 0.6) is 5.75 Å². The van der Waals surface area contributed by atoms with Crippen molar-refractivity contribution in [2.45, 2.75) is 13.0 Å². The molecule has 0 saturated carbocycles. The van der Waals surface area contributed by atoms with Crippen molar-refractivity contribution >= 4 is 16.9 Å². The second kappa shape index (κ2) is 7.02. The number of benzene rings is 1. The number of carboxylic acid groups (broad SMARTS) is 1. The highest BCUT2D eigenvalue weighted by atomic mass is 16.5. The molecule has 1 aliphatic rings. The van der Waals surface area contributed by atoms with Gasteiger partial charge in [-0.05, 0) is 24.1 Å². The van der Waals surface area contributed by atoms with Gasteiger partial charge in [-0.1, -0.05) is 0 Å². The predicted octanol–water partition coefficient (Wildman–Crippen LogP) is 1.18. The summed E-state index contributed by atoms with van der Waals surface area (Å²) >= 11 is 0. The zero-order chi connectivity index (χ0) is 16.2. The van der Waals surface area contributed by atoms with E-state index in [0.29, 0.717) is 0 Å². The van der Waals surface area contributed by atoms with Crippen LogP contribution in [0.1, 0.15) is 5.56 Å². The lowest BCUT2D eigenvalue weighted by Gasteiger charge is -2.26. The molecule has 0 aliphatic carbocycles. The van der Waals surface area contributed by atoms with Gasteiger partial charge in [0.2, 0.25) is 0 Å². The second-order valence-corrected chi connectivity index (χ2v) is 5.90. The molecule has 0 amide bonds. The highest BCUT2D eigenvalue weighted by molar-refractivity contribution is 5.86. The molecule has 0 bridgehead atoms. The summed E-state index contributed by atoms with van der Waals surface area (Å²) in [5, 5.41) is 13.6. The van der Waals surface area contributed by atoms with E-state index in [9.17, 15) is 4.79 Å². The van der Waals surface area contributed by atoms with Crippen LogP contribution in [0.25, 0.3) is 10.9 Å². The highest BCUT2D eigenvalue weighted by Crippen LogP contribution is 2.26. The maximum Gasteiger partial charge on any atom is 0.323 e. The van der Waals surface area contributed by atoms with Gasteiger partial charge in [-0.2, -0.15) is 0 Å². The Morgan fingerprint density at radius 1 is 1.35 bits per heavy atom. The Kier molecular flexibility index (Phi) is 4.83. The molecule has 23 heavy (non-hydrogen) atoms.